The van der Waals surface area contributed by atoms with Gasteiger partial charge in [0.1, 0.15) is 0 Å². The second-order valence-corrected chi connectivity index (χ2v) is 2.91. The molecule has 48 valence electrons. The summed E-state index contributed by atoms with van der Waals surface area (Å²) in [6.07, 6.45) is 8.50. The Kier molecular flexibility index (Phi) is 3.72. The van der Waals surface area contributed by atoms with Crippen molar-refractivity contribution in [3.63, 3.8) is 0 Å². The topological polar surface area (TPSA) is 0 Å². The van der Waals surface area contributed by atoms with Crippen molar-refractivity contribution >= 4 is 13.6 Å². The molecule has 2 rings (SSSR count). The van der Waals surface area contributed by atoms with Gasteiger partial charge < -0.3 is 6.42 Å². The van der Waals surface area contributed by atoms with Gasteiger partial charge in [0.05, 0.1) is 0 Å². The van der Waals surface area contributed by atoms with Crippen molar-refractivity contribution in [1.29, 1.82) is 0 Å². The van der Waals surface area contributed by atoms with Gasteiger partial charge in [-0.1, -0.05) is 25.2 Å². The predicted octanol–water partition coefficient (Wildman–Crippen LogP) is 2.85. The second-order valence-electron chi connectivity index (χ2n) is 2.91. The summed E-state index contributed by atoms with van der Waals surface area (Å²) < 4.78 is 0. The Balaban J connectivity index is 0.000000186. The minimum absolute atomic E-state index is 1.05. The summed E-state index contributed by atoms with van der Waals surface area (Å²) in [5.74, 6) is 2.16. The molecule has 0 nitrogen and oxygen atoms in total. The molecule has 0 aromatic heterocycles. The molecule has 0 aromatic carbocycles. The molecule has 0 unspecified atom stereocenters. The molecule has 2 bridgehead atoms. The molecule has 0 aromatic rings. The first kappa shape index (κ1) is 8.20. The maximum absolute atomic E-state index is 3.06. The van der Waals surface area contributed by atoms with E-state index in [9.17, 15) is 0 Å². The molecule has 2 aliphatic rings. The summed E-state index contributed by atoms with van der Waals surface area (Å²) in [5.41, 5.74) is 0. The van der Waals surface area contributed by atoms with E-state index in [1.165, 1.54) is 42.0 Å². The van der Waals surface area contributed by atoms with Gasteiger partial charge in [-0.15, -0.1) is 0 Å². The third kappa shape index (κ3) is 2.01. The summed E-state index contributed by atoms with van der Waals surface area (Å²) in [7, 11) is 0. The van der Waals surface area contributed by atoms with Gasteiger partial charge in [-0.25, -0.2) is 0 Å². The second kappa shape index (κ2) is 4.08. The Labute approximate surface area is 73.8 Å². The number of fused-ring (bicyclic) bond motifs is 2. The Morgan fingerprint density at radius 3 is 2.22 bits per heavy atom. The van der Waals surface area contributed by atoms with Gasteiger partial charge in [0.25, 0.3) is 0 Å². The Hall–Kier alpha value is 1.10. The van der Waals surface area contributed by atoms with E-state index in [1.807, 2.05) is 0 Å². The fourth-order valence-corrected chi connectivity index (χ4v) is 1.93. The van der Waals surface area contributed by atoms with Gasteiger partial charge in [0.15, 0.2) is 0 Å². The molecule has 2 fully saturated rings. The monoisotopic (exact) mass is 238 g/mol. The van der Waals surface area contributed by atoms with E-state index in [0.717, 1.165) is 11.8 Å². The Morgan fingerprint density at radius 1 is 1.33 bits per heavy atom. The van der Waals surface area contributed by atoms with Gasteiger partial charge in [-0.05, 0) is 0 Å². The zero-order valence-electron chi connectivity index (χ0n) is 5.65. The first-order valence-electron chi connectivity index (χ1n) is 3.55. The van der Waals surface area contributed by atoms with Gasteiger partial charge in [-0.2, -0.15) is 12.3 Å². The molecule has 0 radical (unpaired) electrons. The fraction of sp³-hybridized carbons (Fsp3) is 0.857. The normalized spacial score (nSPS) is 38.1. The molecular formula is C7H11BrZn. The fourth-order valence-electron chi connectivity index (χ4n) is 1.93. The molecule has 0 spiro atoms. The van der Waals surface area contributed by atoms with E-state index in [2.05, 4.69) is 20.0 Å². The molecule has 9 heavy (non-hydrogen) atoms. The van der Waals surface area contributed by atoms with Crippen molar-refractivity contribution in [3.05, 3.63) is 6.42 Å². The number of halogens is 1. The quantitative estimate of drug-likeness (QED) is 0.451. The molecule has 2 atom stereocenters. The summed E-state index contributed by atoms with van der Waals surface area (Å²) in [6, 6.07) is 0. The van der Waals surface area contributed by atoms with E-state index < -0.39 is 0 Å². The first-order chi connectivity index (χ1) is 4.45. The van der Waals surface area contributed by atoms with Crippen LogP contribution in [-0.4, -0.2) is 0 Å². The Morgan fingerprint density at radius 2 is 2.11 bits per heavy atom. The number of hydrogen-bond donors (Lipinski definition) is 0. The van der Waals surface area contributed by atoms with Crippen LogP contribution in [0.4, 0.5) is 0 Å². The number of rotatable bonds is 0. The zero-order valence-corrected chi connectivity index (χ0v) is 10.2. The van der Waals surface area contributed by atoms with Crippen LogP contribution < -0.4 is 0 Å². The molecule has 2 aliphatic carbocycles. The summed E-state index contributed by atoms with van der Waals surface area (Å²) >= 11 is 4.25. The van der Waals surface area contributed by atoms with Gasteiger partial charge >= 0.3 is 30.0 Å². The Bertz CT molecular complexity index is 67.0. The molecule has 0 aliphatic heterocycles. The van der Waals surface area contributed by atoms with Crippen LogP contribution in [-0.2, 0) is 16.3 Å². The van der Waals surface area contributed by atoms with E-state index in [0.29, 0.717) is 0 Å². The van der Waals surface area contributed by atoms with Crippen molar-refractivity contribution in [2.45, 2.75) is 25.7 Å². The van der Waals surface area contributed by atoms with Crippen LogP contribution in [0.1, 0.15) is 25.7 Å². The van der Waals surface area contributed by atoms with Gasteiger partial charge in [0, 0.05) is 0 Å². The van der Waals surface area contributed by atoms with E-state index >= 15 is 0 Å². The third-order valence-corrected chi connectivity index (χ3v) is 2.38. The standard InChI is InChI=1S/C7H11.BrH.Zn/c1-2-7-4-3-6(1)5-7;;/h1,6-7H,2-5H2;1H;/q-1;;+2/p-1/t6-,7+;;/m1../s1. The van der Waals surface area contributed by atoms with Crippen molar-refractivity contribution in [3.8, 4) is 0 Å². The molecule has 0 heterocycles. The molecular weight excluding hydrogens is 229 g/mol. The van der Waals surface area contributed by atoms with Crippen LogP contribution in [0.5, 0.6) is 0 Å². The van der Waals surface area contributed by atoms with E-state index in [-0.39, 0.29) is 0 Å². The zero-order chi connectivity index (χ0) is 6.69. The average molecular weight is 240 g/mol. The SMILES string of the molecule is [CH-]1C[C@H]2CC[C@@H]1C2.[Zn+][Br]. The molecule has 0 amide bonds. The van der Waals surface area contributed by atoms with Gasteiger partial charge in [-0.3, -0.25) is 0 Å². The number of hydrogen-bond acceptors (Lipinski definition) is 0. The first-order valence-corrected chi connectivity index (χ1v) is 10.5. The average Bonchev–Trinajstić information content (AvgIpc) is 2.53. The van der Waals surface area contributed by atoms with Crippen LogP contribution in [0.2, 0.25) is 0 Å². The van der Waals surface area contributed by atoms with Crippen LogP contribution in [0.3, 0.4) is 0 Å². The van der Waals surface area contributed by atoms with Gasteiger partial charge in [0.2, 0.25) is 0 Å². The van der Waals surface area contributed by atoms with Crippen LogP contribution in [0, 0.1) is 18.3 Å². The molecule has 0 N–H and O–H groups in total. The third-order valence-electron chi connectivity index (χ3n) is 2.38. The molecule has 0 saturated heterocycles. The van der Waals surface area contributed by atoms with Crippen LogP contribution >= 0.6 is 13.6 Å². The molecule has 2 saturated carbocycles. The summed E-state index contributed by atoms with van der Waals surface area (Å²) in [4.78, 5) is 0. The van der Waals surface area contributed by atoms with Crippen LogP contribution in [0.25, 0.3) is 0 Å². The van der Waals surface area contributed by atoms with Crippen LogP contribution in [0.15, 0.2) is 0 Å². The van der Waals surface area contributed by atoms with Crippen molar-refractivity contribution in [2.75, 3.05) is 0 Å². The summed E-state index contributed by atoms with van der Waals surface area (Å²) in [5, 5.41) is 0. The van der Waals surface area contributed by atoms with Crippen molar-refractivity contribution in [1.82, 2.24) is 0 Å². The van der Waals surface area contributed by atoms with Crippen molar-refractivity contribution in [2.24, 2.45) is 11.8 Å². The van der Waals surface area contributed by atoms with E-state index in [1.54, 1.807) is 0 Å². The maximum atomic E-state index is 3.06. The van der Waals surface area contributed by atoms with E-state index in [4.69, 9.17) is 0 Å². The summed E-state index contributed by atoms with van der Waals surface area (Å²) in [6.45, 7) is 0. The predicted molar refractivity (Wildman–Crippen MR) is 38.7 cm³/mol. The van der Waals surface area contributed by atoms with Crippen molar-refractivity contribution < 1.29 is 16.3 Å². The minimum atomic E-state index is 1.05. The molecule has 2 heteroatoms.